The van der Waals surface area contributed by atoms with E-state index in [2.05, 4.69) is 10.6 Å². The van der Waals surface area contributed by atoms with Gasteiger partial charge in [0.1, 0.15) is 6.61 Å². The van der Waals surface area contributed by atoms with Crippen molar-refractivity contribution in [3.63, 3.8) is 0 Å². The summed E-state index contributed by atoms with van der Waals surface area (Å²) < 4.78 is 5.39. The Hall–Kier alpha value is -2.67. The van der Waals surface area contributed by atoms with E-state index >= 15 is 0 Å². The van der Waals surface area contributed by atoms with Gasteiger partial charge in [0.25, 0.3) is 0 Å². The van der Waals surface area contributed by atoms with Crippen molar-refractivity contribution >= 4 is 17.8 Å². The second-order valence-corrected chi connectivity index (χ2v) is 7.73. The molecule has 1 aliphatic heterocycles. The van der Waals surface area contributed by atoms with Crippen molar-refractivity contribution in [2.24, 2.45) is 5.92 Å². The van der Waals surface area contributed by atoms with Gasteiger partial charge in [0.15, 0.2) is 0 Å². The smallest absolute Gasteiger partial charge is 0.305 e. The second kappa shape index (κ2) is 12.8. The Morgan fingerprint density at radius 2 is 2.03 bits per heavy atom. The third kappa shape index (κ3) is 8.78. The third-order valence-electron chi connectivity index (χ3n) is 4.94. The first-order valence-corrected chi connectivity index (χ1v) is 10.5. The van der Waals surface area contributed by atoms with Crippen LogP contribution in [-0.4, -0.2) is 48.2 Å². The zero-order valence-electron chi connectivity index (χ0n) is 17.5. The Morgan fingerprint density at radius 1 is 1.27 bits per heavy atom. The molecule has 164 valence electrons. The molecule has 0 aliphatic carbocycles. The number of esters is 1. The van der Waals surface area contributed by atoms with Gasteiger partial charge >= 0.3 is 5.97 Å². The Bertz CT molecular complexity index is 720. The summed E-state index contributed by atoms with van der Waals surface area (Å²) in [5, 5.41) is 14.8. The summed E-state index contributed by atoms with van der Waals surface area (Å²) in [6, 6.07) is 8.93. The van der Waals surface area contributed by atoms with Gasteiger partial charge in [0, 0.05) is 18.9 Å². The predicted molar refractivity (Wildman–Crippen MR) is 113 cm³/mol. The van der Waals surface area contributed by atoms with Gasteiger partial charge in [-0.15, -0.1) is 0 Å². The summed E-state index contributed by atoms with van der Waals surface area (Å²) in [4.78, 5) is 37.2. The first kappa shape index (κ1) is 23.6. The highest BCUT2D eigenvalue weighted by Gasteiger charge is 2.25. The lowest BCUT2D eigenvalue weighted by Crippen LogP contribution is -2.45. The van der Waals surface area contributed by atoms with E-state index < -0.39 is 5.92 Å². The van der Waals surface area contributed by atoms with E-state index in [-0.39, 0.29) is 49.5 Å². The van der Waals surface area contributed by atoms with E-state index in [1.807, 2.05) is 42.5 Å². The molecule has 0 bridgehead atoms. The van der Waals surface area contributed by atoms with Crippen LogP contribution in [0.25, 0.3) is 0 Å². The van der Waals surface area contributed by atoms with Crippen LogP contribution in [0.5, 0.6) is 0 Å². The second-order valence-electron chi connectivity index (χ2n) is 7.73. The number of amides is 2. The van der Waals surface area contributed by atoms with Crippen molar-refractivity contribution in [2.75, 3.05) is 13.2 Å². The number of rotatable bonds is 6. The van der Waals surface area contributed by atoms with E-state index in [4.69, 9.17) is 9.84 Å². The molecule has 1 heterocycles. The molecule has 2 rings (SSSR count). The summed E-state index contributed by atoms with van der Waals surface area (Å²) in [5.41, 5.74) is 1.02. The molecule has 0 radical (unpaired) electrons. The molecule has 3 N–H and O–H groups in total. The van der Waals surface area contributed by atoms with Gasteiger partial charge in [-0.2, -0.15) is 0 Å². The number of carbonyl (C=O) groups excluding carboxylic acids is 3. The average Bonchev–Trinajstić information content (AvgIpc) is 2.74. The summed E-state index contributed by atoms with van der Waals surface area (Å²) in [7, 11) is 0. The Morgan fingerprint density at radius 3 is 2.77 bits per heavy atom. The van der Waals surface area contributed by atoms with Gasteiger partial charge in [-0.1, -0.05) is 42.5 Å². The Balaban J connectivity index is 2.11. The molecule has 30 heavy (non-hydrogen) atoms. The van der Waals surface area contributed by atoms with Crippen molar-refractivity contribution < 1.29 is 24.2 Å². The summed E-state index contributed by atoms with van der Waals surface area (Å²) >= 11 is 0. The number of carbonyl (C=O) groups is 3. The van der Waals surface area contributed by atoms with Gasteiger partial charge < -0.3 is 20.5 Å². The molecule has 7 heteroatoms. The maximum Gasteiger partial charge on any atom is 0.305 e. The minimum absolute atomic E-state index is 0.0261. The van der Waals surface area contributed by atoms with Crippen LogP contribution in [-0.2, 0) is 25.5 Å². The van der Waals surface area contributed by atoms with E-state index in [9.17, 15) is 14.4 Å². The molecule has 0 saturated carbocycles. The summed E-state index contributed by atoms with van der Waals surface area (Å²) in [5.74, 6) is -1.34. The van der Waals surface area contributed by atoms with Gasteiger partial charge in [-0.05, 0) is 38.2 Å². The molecule has 0 saturated heterocycles. The molecule has 7 nitrogen and oxygen atoms in total. The van der Waals surface area contributed by atoms with E-state index in [1.165, 1.54) is 0 Å². The van der Waals surface area contributed by atoms with E-state index in [0.29, 0.717) is 32.1 Å². The number of aliphatic hydroxyl groups excluding tert-OH is 1. The van der Waals surface area contributed by atoms with Crippen LogP contribution in [0.1, 0.15) is 44.6 Å². The monoisotopic (exact) mass is 416 g/mol. The van der Waals surface area contributed by atoms with Gasteiger partial charge in [0.05, 0.1) is 18.6 Å². The van der Waals surface area contributed by atoms with Crippen LogP contribution in [0.2, 0.25) is 0 Å². The first-order valence-electron chi connectivity index (χ1n) is 10.5. The number of hydrogen-bond acceptors (Lipinski definition) is 5. The van der Waals surface area contributed by atoms with Crippen LogP contribution in [0.3, 0.4) is 0 Å². The van der Waals surface area contributed by atoms with Gasteiger partial charge in [-0.25, -0.2) is 0 Å². The minimum Gasteiger partial charge on any atom is -0.463 e. The fraction of sp³-hybridized carbons (Fsp3) is 0.522. The lowest BCUT2D eigenvalue weighted by molar-refractivity contribution is -0.145. The highest BCUT2D eigenvalue weighted by Crippen LogP contribution is 2.14. The van der Waals surface area contributed by atoms with Gasteiger partial charge in [-0.3, -0.25) is 14.4 Å². The van der Waals surface area contributed by atoms with Crippen LogP contribution in [0.15, 0.2) is 42.5 Å². The Labute approximate surface area is 177 Å². The highest BCUT2D eigenvalue weighted by atomic mass is 16.5. The molecule has 0 unspecified atom stereocenters. The van der Waals surface area contributed by atoms with Crippen LogP contribution >= 0.6 is 0 Å². The molecule has 2 amide bonds. The zero-order chi connectivity index (χ0) is 21.8. The van der Waals surface area contributed by atoms with Gasteiger partial charge in [0.2, 0.25) is 11.8 Å². The number of benzene rings is 1. The highest BCUT2D eigenvalue weighted by molar-refractivity contribution is 5.86. The summed E-state index contributed by atoms with van der Waals surface area (Å²) in [6.45, 7) is 1.63. The molecule has 0 aromatic heterocycles. The normalized spacial score (nSPS) is 21.9. The average molecular weight is 417 g/mol. The standard InChI is InChI=1S/C23H32N2O5/c1-17(15-26)24-21(27)14-19-11-7-2-3-8-12-22(28)30-16-20(25-23(19)29)13-18-9-5-4-6-10-18/h2,4-7,9-10,17,19-20,26H,3,8,11-16H2,1H3,(H,24,27)(H,25,29)/t17-,19-,20-/m1/s1. The number of ether oxygens (including phenoxy) is 1. The topological polar surface area (TPSA) is 105 Å². The first-order chi connectivity index (χ1) is 14.5. The molecule has 1 aromatic carbocycles. The number of allylic oxidation sites excluding steroid dienone is 2. The molecular formula is C23H32N2O5. The van der Waals surface area contributed by atoms with Crippen LogP contribution in [0, 0.1) is 5.92 Å². The number of hydrogen-bond donors (Lipinski definition) is 3. The largest absolute Gasteiger partial charge is 0.463 e. The van der Waals surface area contributed by atoms with Crippen molar-refractivity contribution in [3.05, 3.63) is 48.0 Å². The molecule has 3 atom stereocenters. The maximum atomic E-state index is 13.0. The summed E-state index contributed by atoms with van der Waals surface area (Å²) in [6.07, 6.45) is 6.53. The number of cyclic esters (lactones) is 1. The van der Waals surface area contributed by atoms with Crippen molar-refractivity contribution in [1.29, 1.82) is 0 Å². The minimum atomic E-state index is -0.540. The van der Waals surface area contributed by atoms with Crippen LogP contribution in [0.4, 0.5) is 0 Å². The number of nitrogens with one attached hydrogen (secondary N) is 2. The quantitative estimate of drug-likeness (QED) is 0.485. The van der Waals surface area contributed by atoms with Crippen molar-refractivity contribution in [1.82, 2.24) is 10.6 Å². The molecule has 0 spiro atoms. The van der Waals surface area contributed by atoms with Crippen LogP contribution < -0.4 is 10.6 Å². The molecule has 1 aliphatic rings. The molecular weight excluding hydrogens is 384 g/mol. The fourth-order valence-electron chi connectivity index (χ4n) is 3.26. The Kier molecular flexibility index (Phi) is 10.1. The predicted octanol–water partition coefficient (Wildman–Crippen LogP) is 1.89. The zero-order valence-corrected chi connectivity index (χ0v) is 17.5. The lowest BCUT2D eigenvalue weighted by atomic mass is 9.97. The molecule has 1 aromatic rings. The maximum absolute atomic E-state index is 13.0. The SMILES string of the molecule is C[C@H](CO)NC(=O)C[C@H]1CC=CCCCC(=O)OC[C@@H](Cc2ccccc2)NC1=O. The van der Waals surface area contributed by atoms with E-state index in [1.54, 1.807) is 6.92 Å². The van der Waals surface area contributed by atoms with Crippen molar-refractivity contribution in [2.45, 2.75) is 57.5 Å². The fourth-order valence-corrected chi connectivity index (χ4v) is 3.26. The van der Waals surface area contributed by atoms with Crippen molar-refractivity contribution in [3.8, 4) is 0 Å². The lowest BCUT2D eigenvalue weighted by Gasteiger charge is -2.22. The third-order valence-corrected chi connectivity index (χ3v) is 4.94. The molecule has 0 fully saturated rings. The van der Waals surface area contributed by atoms with E-state index in [0.717, 1.165) is 5.56 Å². The number of aliphatic hydroxyl groups is 1.